The first-order valence-corrected chi connectivity index (χ1v) is 4.38. The second-order valence-electron chi connectivity index (χ2n) is 2.44. The van der Waals surface area contributed by atoms with Crippen LogP contribution in [-0.2, 0) is 0 Å². The first-order chi connectivity index (χ1) is 4.95. The molecular weight excluding hydrogens is 140 g/mol. The second kappa shape index (κ2) is 2.67. The van der Waals surface area contributed by atoms with Crippen LogP contribution in [0.3, 0.4) is 0 Å². The van der Waals surface area contributed by atoms with Crippen molar-refractivity contribution in [3.05, 3.63) is 36.8 Å². The molecule has 1 aliphatic rings. The molecule has 0 aliphatic heterocycles. The van der Waals surface area contributed by atoms with Crippen LogP contribution in [-0.4, -0.2) is 5.25 Å². The number of benzene rings is 1. The van der Waals surface area contributed by atoms with Crippen LogP contribution < -0.4 is 0 Å². The van der Waals surface area contributed by atoms with Crippen molar-refractivity contribution in [2.45, 2.75) is 16.6 Å². The van der Waals surface area contributed by atoms with Crippen LogP contribution in [0.4, 0.5) is 0 Å². The lowest BCUT2D eigenvalue weighted by Crippen LogP contribution is -1.72. The molecule has 0 N–H and O–H groups in total. The standard InChI is InChI=1S/C9H9S/c1-2-4-8(5-3-1)10-9-6-7-9/h1-6,9H,7H2. The van der Waals surface area contributed by atoms with E-state index in [1.165, 1.54) is 11.3 Å². The van der Waals surface area contributed by atoms with E-state index >= 15 is 0 Å². The zero-order valence-electron chi connectivity index (χ0n) is 5.66. The van der Waals surface area contributed by atoms with Crippen LogP contribution in [0, 0.1) is 6.42 Å². The molecule has 1 fully saturated rings. The molecule has 0 heterocycles. The van der Waals surface area contributed by atoms with Crippen LogP contribution in [0.5, 0.6) is 0 Å². The maximum atomic E-state index is 2.33. The van der Waals surface area contributed by atoms with E-state index in [0.29, 0.717) is 0 Å². The SMILES string of the molecule is [CH]1CC1Sc1ccccc1. The van der Waals surface area contributed by atoms with Crippen LogP contribution in [0.15, 0.2) is 35.2 Å². The molecule has 51 valence electrons. The van der Waals surface area contributed by atoms with E-state index < -0.39 is 0 Å². The van der Waals surface area contributed by atoms with Crippen molar-refractivity contribution in [1.29, 1.82) is 0 Å². The first kappa shape index (κ1) is 6.29. The molecule has 1 unspecified atom stereocenters. The third-order valence-electron chi connectivity index (χ3n) is 1.46. The molecule has 0 bridgehead atoms. The van der Waals surface area contributed by atoms with E-state index in [1.54, 1.807) is 0 Å². The van der Waals surface area contributed by atoms with E-state index in [9.17, 15) is 0 Å². The highest BCUT2D eigenvalue weighted by Crippen LogP contribution is 2.37. The summed E-state index contributed by atoms with van der Waals surface area (Å²) in [5, 5.41) is 0.808. The summed E-state index contributed by atoms with van der Waals surface area (Å²) in [5.74, 6) is 0. The Morgan fingerprint density at radius 1 is 1.20 bits per heavy atom. The van der Waals surface area contributed by atoms with E-state index in [2.05, 4.69) is 36.8 Å². The van der Waals surface area contributed by atoms with Gasteiger partial charge in [0.05, 0.1) is 0 Å². The Hall–Kier alpha value is -0.430. The summed E-state index contributed by atoms with van der Waals surface area (Å²) in [6.07, 6.45) is 3.62. The van der Waals surface area contributed by atoms with Gasteiger partial charge >= 0.3 is 0 Å². The number of rotatable bonds is 2. The molecule has 1 aromatic carbocycles. The molecule has 2 rings (SSSR count). The molecule has 0 saturated heterocycles. The Morgan fingerprint density at radius 2 is 1.90 bits per heavy atom. The van der Waals surface area contributed by atoms with Gasteiger partial charge in [0, 0.05) is 10.1 Å². The highest BCUT2D eigenvalue weighted by Gasteiger charge is 2.22. The highest BCUT2D eigenvalue weighted by atomic mass is 32.2. The molecule has 0 amide bonds. The number of hydrogen-bond donors (Lipinski definition) is 0. The van der Waals surface area contributed by atoms with Crippen molar-refractivity contribution in [3.63, 3.8) is 0 Å². The Morgan fingerprint density at radius 3 is 2.50 bits per heavy atom. The third-order valence-corrected chi connectivity index (χ3v) is 2.69. The van der Waals surface area contributed by atoms with Gasteiger partial charge in [-0.3, -0.25) is 0 Å². The summed E-state index contributed by atoms with van der Waals surface area (Å²) < 4.78 is 0. The lowest BCUT2D eigenvalue weighted by molar-refractivity contribution is 1.42. The Labute approximate surface area is 65.6 Å². The van der Waals surface area contributed by atoms with Gasteiger partial charge in [0.25, 0.3) is 0 Å². The van der Waals surface area contributed by atoms with E-state index in [-0.39, 0.29) is 0 Å². The number of hydrogen-bond acceptors (Lipinski definition) is 1. The van der Waals surface area contributed by atoms with Crippen LogP contribution in [0.25, 0.3) is 0 Å². The van der Waals surface area contributed by atoms with Crippen molar-refractivity contribution in [2.24, 2.45) is 0 Å². The predicted octanol–water partition coefficient (Wildman–Crippen LogP) is 2.76. The Bertz CT molecular complexity index is 201. The predicted molar refractivity (Wildman–Crippen MR) is 45.0 cm³/mol. The minimum absolute atomic E-state index is 0.808. The molecule has 0 spiro atoms. The molecule has 1 saturated carbocycles. The smallest absolute Gasteiger partial charge is 0.0129 e. The summed E-state index contributed by atoms with van der Waals surface area (Å²) in [5.41, 5.74) is 0. The van der Waals surface area contributed by atoms with Gasteiger partial charge in [0.1, 0.15) is 0 Å². The van der Waals surface area contributed by atoms with Gasteiger partial charge < -0.3 is 0 Å². The quantitative estimate of drug-likeness (QED) is 0.623. The third kappa shape index (κ3) is 1.54. The fraction of sp³-hybridized carbons (Fsp3) is 0.222. The van der Waals surface area contributed by atoms with E-state index in [0.717, 1.165) is 5.25 Å². The van der Waals surface area contributed by atoms with Gasteiger partial charge in [-0.1, -0.05) is 18.2 Å². The van der Waals surface area contributed by atoms with Gasteiger partial charge in [-0.05, 0) is 25.0 Å². The molecular formula is C9H9S. The van der Waals surface area contributed by atoms with Crippen molar-refractivity contribution in [1.82, 2.24) is 0 Å². The maximum Gasteiger partial charge on any atom is 0.0129 e. The summed E-state index contributed by atoms with van der Waals surface area (Å²) >= 11 is 1.95. The van der Waals surface area contributed by atoms with E-state index in [1.807, 2.05) is 11.8 Å². The average molecular weight is 149 g/mol. The van der Waals surface area contributed by atoms with Crippen molar-refractivity contribution in [3.8, 4) is 0 Å². The summed E-state index contributed by atoms with van der Waals surface area (Å²) in [4.78, 5) is 1.39. The molecule has 1 aliphatic carbocycles. The summed E-state index contributed by atoms with van der Waals surface area (Å²) in [6, 6.07) is 10.6. The summed E-state index contributed by atoms with van der Waals surface area (Å²) in [7, 11) is 0. The van der Waals surface area contributed by atoms with Gasteiger partial charge in [0.2, 0.25) is 0 Å². The molecule has 1 atom stereocenters. The first-order valence-electron chi connectivity index (χ1n) is 3.50. The second-order valence-corrected chi connectivity index (χ2v) is 3.75. The van der Waals surface area contributed by atoms with Crippen LogP contribution in [0.2, 0.25) is 0 Å². The van der Waals surface area contributed by atoms with Gasteiger partial charge in [0.15, 0.2) is 0 Å². The number of thioether (sulfide) groups is 1. The van der Waals surface area contributed by atoms with Gasteiger partial charge in [-0.15, -0.1) is 11.8 Å². The minimum atomic E-state index is 0.808. The normalized spacial score (nSPS) is 17.2. The monoisotopic (exact) mass is 149 g/mol. The van der Waals surface area contributed by atoms with Crippen molar-refractivity contribution in [2.75, 3.05) is 0 Å². The molecule has 10 heavy (non-hydrogen) atoms. The molecule has 0 nitrogen and oxygen atoms in total. The minimum Gasteiger partial charge on any atom is -0.122 e. The molecule has 0 aromatic heterocycles. The lowest BCUT2D eigenvalue weighted by Gasteiger charge is -1.95. The summed E-state index contributed by atoms with van der Waals surface area (Å²) in [6.45, 7) is 0. The fourth-order valence-corrected chi connectivity index (χ4v) is 1.79. The van der Waals surface area contributed by atoms with Crippen molar-refractivity contribution >= 4 is 11.8 Å². The lowest BCUT2D eigenvalue weighted by atomic mass is 10.4. The largest absolute Gasteiger partial charge is 0.122 e. The average Bonchev–Trinajstić information content (AvgIpc) is 2.74. The molecule has 1 aromatic rings. The Kier molecular flexibility index (Phi) is 1.68. The maximum absolute atomic E-state index is 2.33. The Balaban J connectivity index is 2.03. The zero-order valence-corrected chi connectivity index (χ0v) is 6.47. The topological polar surface area (TPSA) is 0 Å². The fourth-order valence-electron chi connectivity index (χ4n) is 0.826. The zero-order chi connectivity index (χ0) is 6.81. The van der Waals surface area contributed by atoms with Crippen LogP contribution in [0.1, 0.15) is 6.42 Å². The van der Waals surface area contributed by atoms with Crippen LogP contribution >= 0.6 is 11.8 Å². The van der Waals surface area contributed by atoms with Crippen molar-refractivity contribution < 1.29 is 0 Å². The molecule has 1 radical (unpaired) electrons. The van der Waals surface area contributed by atoms with Gasteiger partial charge in [-0.25, -0.2) is 0 Å². The molecule has 1 heteroatoms. The van der Waals surface area contributed by atoms with Gasteiger partial charge in [-0.2, -0.15) is 0 Å². The van der Waals surface area contributed by atoms with E-state index in [4.69, 9.17) is 0 Å². The highest BCUT2D eigenvalue weighted by molar-refractivity contribution is 8.00.